The molecule has 2 rings (SSSR count). The van der Waals surface area contributed by atoms with E-state index >= 15 is 0 Å². The Kier molecular flexibility index (Phi) is 3.55. The van der Waals surface area contributed by atoms with E-state index in [4.69, 9.17) is 0 Å². The molecule has 18 heavy (non-hydrogen) atoms. The van der Waals surface area contributed by atoms with Crippen LogP contribution >= 0.6 is 11.3 Å². The Morgan fingerprint density at radius 3 is 2.33 bits per heavy atom. The highest BCUT2D eigenvalue weighted by atomic mass is 32.1. The van der Waals surface area contributed by atoms with E-state index in [9.17, 15) is 5.11 Å². The van der Waals surface area contributed by atoms with Crippen molar-refractivity contribution in [3.63, 3.8) is 0 Å². The fraction of sp³-hybridized carbons (Fsp3) is 0.400. The van der Waals surface area contributed by atoms with Gasteiger partial charge in [-0.3, -0.25) is 0 Å². The molecular formula is C15H19NOS. The zero-order valence-corrected chi connectivity index (χ0v) is 12.1. The van der Waals surface area contributed by atoms with Gasteiger partial charge in [0.05, 0.1) is 16.7 Å². The molecule has 0 bridgehead atoms. The van der Waals surface area contributed by atoms with Crippen molar-refractivity contribution in [2.75, 3.05) is 0 Å². The summed E-state index contributed by atoms with van der Waals surface area (Å²) in [4.78, 5) is 5.61. The van der Waals surface area contributed by atoms with Crippen LogP contribution < -0.4 is 0 Å². The second-order valence-corrected chi connectivity index (χ2v) is 6.17. The molecule has 0 aliphatic rings. The molecule has 3 heteroatoms. The van der Waals surface area contributed by atoms with Crippen molar-refractivity contribution in [2.45, 2.75) is 39.2 Å². The average Bonchev–Trinajstić information content (AvgIpc) is 2.73. The molecule has 0 saturated carbocycles. The standard InChI is InChI=1S/C15H19NOS/c1-10-13(11(2)17)18-14(16-10)15(3,4)12-8-6-5-7-9-12/h5-9,11,17H,1-4H3. The Morgan fingerprint density at radius 1 is 1.22 bits per heavy atom. The normalized spacial score (nSPS) is 13.6. The largest absolute Gasteiger partial charge is 0.388 e. The Hall–Kier alpha value is -1.19. The first-order chi connectivity index (χ1) is 8.43. The summed E-state index contributed by atoms with van der Waals surface area (Å²) < 4.78 is 0. The molecular weight excluding hydrogens is 242 g/mol. The van der Waals surface area contributed by atoms with Crippen LogP contribution in [0.15, 0.2) is 30.3 Å². The molecule has 2 nitrogen and oxygen atoms in total. The highest BCUT2D eigenvalue weighted by molar-refractivity contribution is 7.12. The Labute approximate surface area is 112 Å². The zero-order valence-electron chi connectivity index (χ0n) is 11.3. The maximum atomic E-state index is 9.72. The lowest BCUT2D eigenvalue weighted by Gasteiger charge is -2.22. The monoisotopic (exact) mass is 261 g/mol. The number of benzene rings is 1. The second kappa shape index (κ2) is 4.82. The predicted molar refractivity (Wildman–Crippen MR) is 76.1 cm³/mol. The molecule has 0 aliphatic carbocycles. The molecule has 1 heterocycles. The lowest BCUT2D eigenvalue weighted by molar-refractivity contribution is 0.202. The van der Waals surface area contributed by atoms with Gasteiger partial charge in [-0.2, -0.15) is 0 Å². The highest BCUT2D eigenvalue weighted by Gasteiger charge is 2.28. The van der Waals surface area contributed by atoms with E-state index in [1.807, 2.05) is 25.1 Å². The number of thiazole rings is 1. The van der Waals surface area contributed by atoms with Crippen molar-refractivity contribution in [3.05, 3.63) is 51.5 Å². The lowest BCUT2D eigenvalue weighted by atomic mass is 9.85. The van der Waals surface area contributed by atoms with Crippen molar-refractivity contribution in [1.29, 1.82) is 0 Å². The molecule has 0 radical (unpaired) electrons. The van der Waals surface area contributed by atoms with Crippen LogP contribution in [-0.4, -0.2) is 10.1 Å². The van der Waals surface area contributed by atoms with Crippen LogP contribution in [0.2, 0.25) is 0 Å². The average molecular weight is 261 g/mol. The van der Waals surface area contributed by atoms with Crippen molar-refractivity contribution < 1.29 is 5.11 Å². The smallest absolute Gasteiger partial charge is 0.103 e. The Bertz CT molecular complexity index is 529. The number of aryl methyl sites for hydroxylation is 1. The molecule has 1 N–H and O–H groups in total. The molecule has 1 aromatic heterocycles. The maximum Gasteiger partial charge on any atom is 0.103 e. The van der Waals surface area contributed by atoms with Crippen LogP contribution in [0.5, 0.6) is 0 Å². The Balaban J connectivity index is 2.45. The summed E-state index contributed by atoms with van der Waals surface area (Å²) in [6.45, 7) is 8.10. The van der Waals surface area contributed by atoms with Crippen molar-refractivity contribution in [3.8, 4) is 0 Å². The molecule has 0 aliphatic heterocycles. The molecule has 1 unspecified atom stereocenters. The fourth-order valence-corrected chi connectivity index (χ4v) is 3.17. The third-order valence-corrected chi connectivity index (χ3v) is 4.89. The van der Waals surface area contributed by atoms with Gasteiger partial charge in [-0.15, -0.1) is 11.3 Å². The summed E-state index contributed by atoms with van der Waals surface area (Å²) in [7, 11) is 0. The third-order valence-electron chi connectivity index (χ3n) is 3.24. The fourth-order valence-electron chi connectivity index (χ4n) is 2.04. The van der Waals surface area contributed by atoms with Gasteiger partial charge in [0, 0.05) is 5.41 Å². The van der Waals surface area contributed by atoms with E-state index in [0.717, 1.165) is 15.6 Å². The summed E-state index contributed by atoms with van der Waals surface area (Å²) in [6, 6.07) is 10.4. The lowest BCUT2D eigenvalue weighted by Crippen LogP contribution is -2.18. The number of hydrogen-bond acceptors (Lipinski definition) is 3. The van der Waals surface area contributed by atoms with Crippen LogP contribution in [0.1, 0.15) is 48.0 Å². The van der Waals surface area contributed by atoms with Crippen molar-refractivity contribution in [2.24, 2.45) is 0 Å². The minimum absolute atomic E-state index is 0.121. The molecule has 1 aromatic carbocycles. The van der Waals surface area contributed by atoms with Gasteiger partial charge in [-0.1, -0.05) is 30.3 Å². The van der Waals surface area contributed by atoms with Gasteiger partial charge >= 0.3 is 0 Å². The quantitative estimate of drug-likeness (QED) is 0.911. The summed E-state index contributed by atoms with van der Waals surface area (Å²) in [5.41, 5.74) is 2.06. The van der Waals surface area contributed by atoms with E-state index in [2.05, 4.69) is 31.0 Å². The molecule has 0 saturated heterocycles. The number of aliphatic hydroxyl groups excluding tert-OH is 1. The second-order valence-electron chi connectivity index (χ2n) is 5.14. The highest BCUT2D eigenvalue weighted by Crippen LogP contribution is 2.37. The zero-order chi connectivity index (χ0) is 13.3. The number of rotatable bonds is 3. The van der Waals surface area contributed by atoms with E-state index in [1.54, 1.807) is 18.3 Å². The van der Waals surface area contributed by atoms with Gasteiger partial charge < -0.3 is 5.11 Å². The first-order valence-corrected chi connectivity index (χ1v) is 6.96. The molecule has 0 spiro atoms. The Morgan fingerprint density at radius 2 is 1.83 bits per heavy atom. The van der Waals surface area contributed by atoms with Crippen molar-refractivity contribution in [1.82, 2.24) is 4.98 Å². The van der Waals surface area contributed by atoms with Gasteiger partial charge in [0.25, 0.3) is 0 Å². The van der Waals surface area contributed by atoms with Crippen LogP contribution in [0.3, 0.4) is 0 Å². The van der Waals surface area contributed by atoms with E-state index in [-0.39, 0.29) is 5.41 Å². The van der Waals surface area contributed by atoms with E-state index in [0.29, 0.717) is 0 Å². The van der Waals surface area contributed by atoms with E-state index in [1.165, 1.54) is 5.56 Å². The number of aromatic nitrogens is 1. The summed E-state index contributed by atoms with van der Waals surface area (Å²) >= 11 is 1.61. The minimum Gasteiger partial charge on any atom is -0.388 e. The molecule has 1 atom stereocenters. The number of hydrogen-bond donors (Lipinski definition) is 1. The van der Waals surface area contributed by atoms with Crippen LogP contribution in [0.25, 0.3) is 0 Å². The first-order valence-electron chi connectivity index (χ1n) is 6.14. The third kappa shape index (κ3) is 2.33. The van der Waals surface area contributed by atoms with Gasteiger partial charge in [0.15, 0.2) is 0 Å². The summed E-state index contributed by atoms with van der Waals surface area (Å²) in [6.07, 6.45) is -0.442. The van der Waals surface area contributed by atoms with Crippen LogP contribution in [0.4, 0.5) is 0 Å². The molecule has 0 amide bonds. The van der Waals surface area contributed by atoms with Gasteiger partial charge in [0.1, 0.15) is 5.01 Å². The molecule has 96 valence electrons. The van der Waals surface area contributed by atoms with Gasteiger partial charge in [-0.25, -0.2) is 4.98 Å². The van der Waals surface area contributed by atoms with E-state index < -0.39 is 6.10 Å². The summed E-state index contributed by atoms with van der Waals surface area (Å²) in [5.74, 6) is 0. The van der Waals surface area contributed by atoms with Crippen LogP contribution in [-0.2, 0) is 5.41 Å². The summed E-state index contributed by atoms with van der Waals surface area (Å²) in [5, 5.41) is 10.8. The number of nitrogens with zero attached hydrogens (tertiary/aromatic N) is 1. The first kappa shape index (κ1) is 13.2. The van der Waals surface area contributed by atoms with Gasteiger partial charge in [0.2, 0.25) is 0 Å². The molecule has 2 aromatic rings. The predicted octanol–water partition coefficient (Wildman–Crippen LogP) is 3.83. The number of aliphatic hydroxyl groups is 1. The van der Waals surface area contributed by atoms with Gasteiger partial charge in [-0.05, 0) is 33.3 Å². The van der Waals surface area contributed by atoms with Crippen LogP contribution in [0, 0.1) is 6.92 Å². The SMILES string of the molecule is Cc1nc(C(C)(C)c2ccccc2)sc1C(C)O. The topological polar surface area (TPSA) is 33.1 Å². The minimum atomic E-state index is -0.442. The maximum absolute atomic E-state index is 9.72. The molecule has 0 fully saturated rings. The van der Waals surface area contributed by atoms with Crippen molar-refractivity contribution >= 4 is 11.3 Å².